The first-order valence-electron chi connectivity index (χ1n) is 6.73. The highest BCUT2D eigenvalue weighted by molar-refractivity contribution is 5.94. The molecule has 1 amide bonds. The third-order valence-electron chi connectivity index (χ3n) is 3.19. The van der Waals surface area contributed by atoms with Crippen LogP contribution in [0.25, 0.3) is 0 Å². The quantitative estimate of drug-likeness (QED) is 0.649. The number of hydrogen-bond acceptors (Lipinski definition) is 5. The zero-order valence-electron chi connectivity index (χ0n) is 12.0. The molecule has 2 aromatic rings. The average molecular weight is 315 g/mol. The van der Waals surface area contributed by atoms with Crippen molar-refractivity contribution in [1.29, 1.82) is 0 Å². The fourth-order valence-corrected chi connectivity index (χ4v) is 1.94. The third kappa shape index (κ3) is 4.34. The van der Waals surface area contributed by atoms with Crippen molar-refractivity contribution in [3.63, 3.8) is 0 Å². The normalized spacial score (nSPS) is 10.1. The monoisotopic (exact) mass is 315 g/mol. The zero-order valence-corrected chi connectivity index (χ0v) is 12.0. The molecule has 0 radical (unpaired) electrons. The fraction of sp³-hybridized carbons (Fsp3) is 0.133. The van der Waals surface area contributed by atoms with Gasteiger partial charge >= 0.3 is 0 Å². The maximum atomic E-state index is 11.9. The lowest BCUT2D eigenvalue weighted by atomic mass is 10.1. The summed E-state index contributed by atoms with van der Waals surface area (Å²) in [5.74, 6) is -0.332. The van der Waals surface area contributed by atoms with Gasteiger partial charge in [0.05, 0.1) is 9.85 Å². The topological polar surface area (TPSA) is 115 Å². The molecule has 0 fully saturated rings. The lowest BCUT2D eigenvalue weighted by Crippen LogP contribution is -2.25. The highest BCUT2D eigenvalue weighted by Gasteiger charge is 2.09. The van der Waals surface area contributed by atoms with E-state index in [1.807, 2.05) is 0 Å². The van der Waals surface area contributed by atoms with E-state index in [1.54, 1.807) is 12.1 Å². The van der Waals surface area contributed by atoms with E-state index in [1.165, 1.54) is 36.4 Å². The van der Waals surface area contributed by atoms with Crippen molar-refractivity contribution in [3.8, 4) is 0 Å². The minimum Gasteiger partial charge on any atom is -0.352 e. The standard InChI is InChI=1S/C15H13N3O5/c19-15(12-3-7-14(8-4-12)18(22)23)16-10-9-11-1-5-13(6-2-11)17(20)21/h1-8H,9-10H2,(H,16,19). The van der Waals surface area contributed by atoms with Crippen LogP contribution in [0.5, 0.6) is 0 Å². The van der Waals surface area contributed by atoms with Gasteiger partial charge in [-0.3, -0.25) is 25.0 Å². The van der Waals surface area contributed by atoms with Gasteiger partial charge in [-0.2, -0.15) is 0 Å². The number of amides is 1. The number of nitrogens with zero attached hydrogens (tertiary/aromatic N) is 2. The summed E-state index contributed by atoms with van der Waals surface area (Å²) in [6.07, 6.45) is 0.525. The smallest absolute Gasteiger partial charge is 0.269 e. The number of nitrogens with one attached hydrogen (secondary N) is 1. The summed E-state index contributed by atoms with van der Waals surface area (Å²) in [6, 6.07) is 11.4. The van der Waals surface area contributed by atoms with Crippen molar-refractivity contribution >= 4 is 17.3 Å². The molecule has 2 aromatic carbocycles. The molecule has 0 aliphatic rings. The molecule has 0 spiro atoms. The lowest BCUT2D eigenvalue weighted by molar-refractivity contribution is -0.385. The summed E-state index contributed by atoms with van der Waals surface area (Å²) in [5, 5.41) is 23.8. The molecule has 23 heavy (non-hydrogen) atoms. The summed E-state index contributed by atoms with van der Waals surface area (Å²) < 4.78 is 0. The second kappa shape index (κ2) is 7.12. The molecule has 1 N–H and O–H groups in total. The first-order valence-corrected chi connectivity index (χ1v) is 6.73. The maximum Gasteiger partial charge on any atom is 0.269 e. The van der Waals surface area contributed by atoms with Crippen LogP contribution < -0.4 is 5.32 Å². The van der Waals surface area contributed by atoms with E-state index in [0.717, 1.165) is 5.56 Å². The van der Waals surface area contributed by atoms with Gasteiger partial charge in [-0.25, -0.2) is 0 Å². The Morgan fingerprint density at radius 2 is 1.35 bits per heavy atom. The van der Waals surface area contributed by atoms with E-state index in [-0.39, 0.29) is 17.3 Å². The number of nitro benzene ring substituents is 2. The minimum absolute atomic E-state index is 0.0173. The summed E-state index contributed by atoms with van der Waals surface area (Å²) in [6.45, 7) is 0.355. The Balaban J connectivity index is 1.86. The molecule has 0 unspecified atom stereocenters. The van der Waals surface area contributed by atoms with Crippen LogP contribution in [-0.4, -0.2) is 22.3 Å². The number of hydrogen-bond donors (Lipinski definition) is 1. The van der Waals surface area contributed by atoms with Gasteiger partial charge in [0.2, 0.25) is 0 Å². The molecule has 0 heterocycles. The number of rotatable bonds is 6. The van der Waals surface area contributed by atoms with E-state index in [2.05, 4.69) is 5.32 Å². The van der Waals surface area contributed by atoms with E-state index < -0.39 is 9.85 Å². The Bertz CT molecular complexity index is 726. The predicted molar refractivity (Wildman–Crippen MR) is 82.2 cm³/mol. The van der Waals surface area contributed by atoms with E-state index in [0.29, 0.717) is 18.5 Å². The van der Waals surface area contributed by atoms with Gasteiger partial charge in [0, 0.05) is 36.4 Å². The van der Waals surface area contributed by atoms with Crippen LogP contribution in [0.1, 0.15) is 15.9 Å². The van der Waals surface area contributed by atoms with Crippen LogP contribution in [0.15, 0.2) is 48.5 Å². The average Bonchev–Trinajstić information content (AvgIpc) is 2.55. The molecule has 0 aromatic heterocycles. The van der Waals surface area contributed by atoms with Crippen LogP contribution in [0.4, 0.5) is 11.4 Å². The summed E-state index contributed by atoms with van der Waals surface area (Å²) in [7, 11) is 0. The maximum absolute atomic E-state index is 11.9. The molecule has 8 nitrogen and oxygen atoms in total. The molecule has 0 aliphatic heterocycles. The molecule has 118 valence electrons. The minimum atomic E-state index is -0.531. The molecule has 0 saturated carbocycles. The van der Waals surface area contributed by atoms with Crippen molar-refractivity contribution < 1.29 is 14.6 Å². The Labute approximate surface area is 131 Å². The van der Waals surface area contributed by atoms with Crippen LogP contribution in [-0.2, 0) is 6.42 Å². The van der Waals surface area contributed by atoms with Crippen LogP contribution in [0.3, 0.4) is 0 Å². The van der Waals surface area contributed by atoms with Crippen LogP contribution in [0, 0.1) is 20.2 Å². The molecule has 0 saturated heterocycles. The fourth-order valence-electron chi connectivity index (χ4n) is 1.94. The summed E-state index contributed by atoms with van der Waals surface area (Å²) in [5.41, 5.74) is 1.13. The van der Waals surface area contributed by atoms with Gasteiger partial charge in [-0.15, -0.1) is 0 Å². The molecule has 2 rings (SSSR count). The molecule has 0 aliphatic carbocycles. The number of non-ortho nitro benzene ring substituents is 2. The predicted octanol–water partition coefficient (Wildman–Crippen LogP) is 2.48. The van der Waals surface area contributed by atoms with Crippen molar-refractivity contribution in [2.24, 2.45) is 0 Å². The first-order chi connectivity index (χ1) is 11.0. The Hall–Kier alpha value is -3.29. The summed E-state index contributed by atoms with van der Waals surface area (Å²) >= 11 is 0. The molecular weight excluding hydrogens is 302 g/mol. The van der Waals surface area contributed by atoms with Gasteiger partial charge in [0.1, 0.15) is 0 Å². The van der Waals surface area contributed by atoms with Crippen LogP contribution in [0.2, 0.25) is 0 Å². The Kier molecular flexibility index (Phi) is 4.98. The van der Waals surface area contributed by atoms with Crippen molar-refractivity contribution in [2.75, 3.05) is 6.54 Å². The lowest BCUT2D eigenvalue weighted by Gasteiger charge is -2.05. The van der Waals surface area contributed by atoms with Gasteiger partial charge < -0.3 is 5.32 Å². The molecule has 0 bridgehead atoms. The van der Waals surface area contributed by atoms with Gasteiger partial charge in [-0.1, -0.05) is 12.1 Å². The van der Waals surface area contributed by atoms with Gasteiger partial charge in [-0.05, 0) is 24.1 Å². The molecule has 8 heteroatoms. The number of benzene rings is 2. The van der Waals surface area contributed by atoms with Gasteiger partial charge in [0.15, 0.2) is 0 Å². The Morgan fingerprint density at radius 3 is 1.83 bits per heavy atom. The van der Waals surface area contributed by atoms with E-state index in [9.17, 15) is 25.0 Å². The van der Waals surface area contributed by atoms with E-state index >= 15 is 0 Å². The zero-order chi connectivity index (χ0) is 16.8. The molecule has 0 atom stereocenters. The number of carbonyl (C=O) groups excluding carboxylic acids is 1. The number of carbonyl (C=O) groups is 1. The van der Waals surface area contributed by atoms with Crippen molar-refractivity contribution in [1.82, 2.24) is 5.32 Å². The largest absolute Gasteiger partial charge is 0.352 e. The number of nitro groups is 2. The highest BCUT2D eigenvalue weighted by Crippen LogP contribution is 2.13. The van der Waals surface area contributed by atoms with Crippen LogP contribution >= 0.6 is 0 Å². The van der Waals surface area contributed by atoms with Crippen molar-refractivity contribution in [3.05, 3.63) is 79.9 Å². The summed E-state index contributed by atoms with van der Waals surface area (Å²) in [4.78, 5) is 32.0. The van der Waals surface area contributed by atoms with Gasteiger partial charge in [0.25, 0.3) is 17.3 Å². The van der Waals surface area contributed by atoms with Crippen molar-refractivity contribution in [2.45, 2.75) is 6.42 Å². The highest BCUT2D eigenvalue weighted by atomic mass is 16.6. The SMILES string of the molecule is O=C(NCCc1ccc([N+](=O)[O-])cc1)c1ccc([N+](=O)[O-])cc1. The second-order valence-electron chi connectivity index (χ2n) is 4.73. The second-order valence-corrected chi connectivity index (χ2v) is 4.73. The first kappa shape index (κ1) is 16.1. The Morgan fingerprint density at radius 1 is 0.870 bits per heavy atom. The third-order valence-corrected chi connectivity index (χ3v) is 3.19. The molecular formula is C15H13N3O5. The van der Waals surface area contributed by atoms with E-state index in [4.69, 9.17) is 0 Å².